The van der Waals surface area contributed by atoms with Crippen molar-refractivity contribution in [1.82, 2.24) is 14.8 Å². The summed E-state index contributed by atoms with van der Waals surface area (Å²) in [6.45, 7) is 0.542. The van der Waals surface area contributed by atoms with Gasteiger partial charge in [-0.3, -0.25) is 14.8 Å². The molecule has 8 nitrogen and oxygen atoms in total. The highest BCUT2D eigenvalue weighted by atomic mass is 16.6. The van der Waals surface area contributed by atoms with Crippen molar-refractivity contribution in [1.29, 1.82) is 0 Å². The standard InChI is InChI=1S/C12H16N6O2/c1-13-11-4-3-10(18(19)20)12(16-11)14-7-5-9-6-8-15-17(9)2/h3-4,6,8H,5,7H2,1-2H3,(H2,13,14,16). The summed E-state index contributed by atoms with van der Waals surface area (Å²) in [6, 6.07) is 4.92. The molecule has 0 unspecified atom stereocenters. The quantitative estimate of drug-likeness (QED) is 0.611. The molecule has 0 spiro atoms. The van der Waals surface area contributed by atoms with Gasteiger partial charge in [-0.15, -0.1) is 0 Å². The number of hydrogen-bond donors (Lipinski definition) is 2. The van der Waals surface area contributed by atoms with Crippen LogP contribution >= 0.6 is 0 Å². The molecular formula is C12H16N6O2. The van der Waals surface area contributed by atoms with E-state index in [1.165, 1.54) is 6.07 Å². The summed E-state index contributed by atoms with van der Waals surface area (Å²) in [6.07, 6.45) is 2.43. The van der Waals surface area contributed by atoms with Crippen LogP contribution < -0.4 is 10.6 Å². The summed E-state index contributed by atoms with van der Waals surface area (Å²) in [4.78, 5) is 14.7. The van der Waals surface area contributed by atoms with Gasteiger partial charge in [0.25, 0.3) is 0 Å². The lowest BCUT2D eigenvalue weighted by Gasteiger charge is -2.08. The molecule has 2 N–H and O–H groups in total. The lowest BCUT2D eigenvalue weighted by Crippen LogP contribution is -2.11. The maximum absolute atomic E-state index is 11.0. The molecule has 0 aliphatic carbocycles. The van der Waals surface area contributed by atoms with Crippen LogP contribution in [0.2, 0.25) is 0 Å². The molecule has 0 atom stereocenters. The molecule has 2 aromatic rings. The van der Waals surface area contributed by atoms with E-state index >= 15 is 0 Å². The Balaban J connectivity index is 2.07. The number of pyridine rings is 1. The van der Waals surface area contributed by atoms with Gasteiger partial charge in [0.15, 0.2) is 0 Å². The molecule has 8 heteroatoms. The number of rotatable bonds is 6. The molecule has 20 heavy (non-hydrogen) atoms. The molecular weight excluding hydrogens is 260 g/mol. The highest BCUT2D eigenvalue weighted by Gasteiger charge is 2.15. The molecule has 0 radical (unpaired) electrons. The molecule has 0 aromatic carbocycles. The number of nitrogens with one attached hydrogen (secondary N) is 2. The first-order chi connectivity index (χ1) is 9.61. The molecule has 0 aliphatic heterocycles. The molecule has 0 amide bonds. The zero-order chi connectivity index (χ0) is 14.5. The van der Waals surface area contributed by atoms with Crippen LogP contribution in [0.3, 0.4) is 0 Å². The fourth-order valence-electron chi connectivity index (χ4n) is 1.82. The van der Waals surface area contributed by atoms with Gasteiger partial charge in [0.1, 0.15) is 5.82 Å². The topological polar surface area (TPSA) is 97.9 Å². The van der Waals surface area contributed by atoms with Gasteiger partial charge in [-0.05, 0) is 12.1 Å². The minimum absolute atomic E-state index is 0.0333. The van der Waals surface area contributed by atoms with Gasteiger partial charge >= 0.3 is 5.69 Å². The van der Waals surface area contributed by atoms with Crippen LogP contribution in [-0.2, 0) is 13.5 Å². The van der Waals surface area contributed by atoms with Crippen molar-refractivity contribution in [2.75, 3.05) is 24.2 Å². The van der Waals surface area contributed by atoms with Gasteiger partial charge in [0.2, 0.25) is 5.82 Å². The monoisotopic (exact) mass is 276 g/mol. The third-order valence-corrected chi connectivity index (χ3v) is 2.92. The second-order valence-corrected chi connectivity index (χ2v) is 4.19. The van der Waals surface area contributed by atoms with Crippen LogP contribution in [-0.4, -0.2) is 33.3 Å². The van der Waals surface area contributed by atoms with Crippen molar-refractivity contribution < 1.29 is 4.92 Å². The van der Waals surface area contributed by atoms with Crippen LogP contribution in [0.4, 0.5) is 17.3 Å². The summed E-state index contributed by atoms with van der Waals surface area (Å²) < 4.78 is 1.77. The summed E-state index contributed by atoms with van der Waals surface area (Å²) in [7, 11) is 3.57. The maximum atomic E-state index is 11.0. The van der Waals surface area contributed by atoms with E-state index in [0.29, 0.717) is 18.8 Å². The molecule has 2 rings (SSSR count). The minimum atomic E-state index is -0.446. The molecule has 0 saturated carbocycles. The average molecular weight is 276 g/mol. The Kier molecular flexibility index (Phi) is 4.14. The van der Waals surface area contributed by atoms with Gasteiger partial charge in [0, 0.05) is 45.0 Å². The van der Waals surface area contributed by atoms with E-state index in [1.807, 2.05) is 13.1 Å². The Hall–Kier alpha value is -2.64. The second-order valence-electron chi connectivity index (χ2n) is 4.19. The Bertz CT molecular complexity index is 610. The van der Waals surface area contributed by atoms with E-state index in [4.69, 9.17) is 0 Å². The van der Waals surface area contributed by atoms with E-state index in [0.717, 1.165) is 5.69 Å². The number of aryl methyl sites for hydroxylation is 1. The van der Waals surface area contributed by atoms with Gasteiger partial charge in [-0.2, -0.15) is 5.10 Å². The Morgan fingerprint density at radius 3 is 2.80 bits per heavy atom. The predicted molar refractivity (Wildman–Crippen MR) is 75.8 cm³/mol. The van der Waals surface area contributed by atoms with Gasteiger partial charge in [-0.25, -0.2) is 4.98 Å². The van der Waals surface area contributed by atoms with Gasteiger partial charge in [0.05, 0.1) is 4.92 Å². The second kappa shape index (κ2) is 6.00. The van der Waals surface area contributed by atoms with Crippen LogP contribution in [0.15, 0.2) is 24.4 Å². The largest absolute Gasteiger partial charge is 0.373 e. The Labute approximate surface area is 116 Å². The van der Waals surface area contributed by atoms with Crippen molar-refractivity contribution >= 4 is 17.3 Å². The zero-order valence-electron chi connectivity index (χ0n) is 11.3. The van der Waals surface area contributed by atoms with Gasteiger partial charge in [-0.1, -0.05) is 0 Å². The summed E-state index contributed by atoms with van der Waals surface area (Å²) in [5.74, 6) is 0.850. The molecule has 0 saturated heterocycles. The van der Waals surface area contributed by atoms with Crippen molar-refractivity contribution in [3.63, 3.8) is 0 Å². The molecule has 0 aliphatic rings. The summed E-state index contributed by atoms with van der Waals surface area (Å²) >= 11 is 0. The van der Waals surface area contributed by atoms with Crippen LogP contribution in [0.25, 0.3) is 0 Å². The molecule has 0 fully saturated rings. The summed E-state index contributed by atoms with van der Waals surface area (Å²) in [5, 5.41) is 20.9. The predicted octanol–water partition coefficient (Wildman–Crippen LogP) is 1.42. The zero-order valence-corrected chi connectivity index (χ0v) is 11.3. The van der Waals surface area contributed by atoms with E-state index in [9.17, 15) is 10.1 Å². The van der Waals surface area contributed by atoms with Crippen LogP contribution in [0.1, 0.15) is 5.69 Å². The number of hydrogen-bond acceptors (Lipinski definition) is 6. The Morgan fingerprint density at radius 1 is 1.40 bits per heavy atom. The SMILES string of the molecule is CNc1ccc([N+](=O)[O-])c(NCCc2ccnn2C)n1. The fraction of sp³-hybridized carbons (Fsp3) is 0.333. The Morgan fingerprint density at radius 2 is 2.20 bits per heavy atom. The lowest BCUT2D eigenvalue weighted by atomic mass is 10.3. The summed E-state index contributed by atoms with van der Waals surface area (Å²) in [5.41, 5.74) is 1.01. The van der Waals surface area contributed by atoms with Crippen molar-refractivity contribution in [2.45, 2.75) is 6.42 Å². The minimum Gasteiger partial charge on any atom is -0.373 e. The van der Waals surface area contributed by atoms with E-state index < -0.39 is 4.92 Å². The van der Waals surface area contributed by atoms with Crippen LogP contribution in [0.5, 0.6) is 0 Å². The third kappa shape index (κ3) is 3.02. The lowest BCUT2D eigenvalue weighted by molar-refractivity contribution is -0.384. The smallest absolute Gasteiger partial charge is 0.311 e. The highest BCUT2D eigenvalue weighted by Crippen LogP contribution is 2.23. The first-order valence-corrected chi connectivity index (χ1v) is 6.15. The number of nitro groups is 1. The van der Waals surface area contributed by atoms with Gasteiger partial charge < -0.3 is 10.6 Å². The molecule has 106 valence electrons. The fourth-order valence-corrected chi connectivity index (χ4v) is 1.82. The van der Waals surface area contributed by atoms with E-state index in [1.54, 1.807) is 24.0 Å². The first-order valence-electron chi connectivity index (χ1n) is 6.15. The maximum Gasteiger partial charge on any atom is 0.311 e. The number of anilines is 2. The normalized spacial score (nSPS) is 10.3. The third-order valence-electron chi connectivity index (χ3n) is 2.92. The molecule has 2 aromatic heterocycles. The molecule has 2 heterocycles. The van der Waals surface area contributed by atoms with E-state index in [2.05, 4.69) is 20.7 Å². The van der Waals surface area contributed by atoms with Crippen molar-refractivity contribution in [2.24, 2.45) is 7.05 Å². The molecule has 0 bridgehead atoms. The van der Waals surface area contributed by atoms with Crippen molar-refractivity contribution in [3.05, 3.63) is 40.2 Å². The average Bonchev–Trinajstić information content (AvgIpc) is 2.84. The van der Waals surface area contributed by atoms with Crippen molar-refractivity contribution in [3.8, 4) is 0 Å². The van der Waals surface area contributed by atoms with Crippen LogP contribution in [0, 0.1) is 10.1 Å². The number of nitrogens with zero attached hydrogens (tertiary/aromatic N) is 4. The highest BCUT2D eigenvalue weighted by molar-refractivity contribution is 5.60. The van der Waals surface area contributed by atoms with E-state index in [-0.39, 0.29) is 11.5 Å². The number of aromatic nitrogens is 3. The first kappa shape index (κ1) is 13.8.